The number of hydrogen-bond donors (Lipinski definition) is 0. The molecule has 2 aromatic rings. The highest BCUT2D eigenvalue weighted by molar-refractivity contribution is 6.91. The summed E-state index contributed by atoms with van der Waals surface area (Å²) in [5.74, 6) is 0. The molecule has 1 aliphatic rings. The number of hydrogen-bond acceptors (Lipinski definition) is 1. The molecule has 2 nitrogen and oxygen atoms in total. The molecule has 0 aromatic heterocycles. The number of quaternary nitrogens is 1. The molecule has 0 radical (unpaired) electrons. The van der Waals surface area contributed by atoms with Crippen LogP contribution in [0.2, 0.25) is 13.1 Å². The number of anilines is 1. The van der Waals surface area contributed by atoms with E-state index in [1.165, 1.54) is 22.5 Å². The maximum absolute atomic E-state index is 2.52. The minimum Gasteiger partial charge on any atom is -0.332 e. The van der Waals surface area contributed by atoms with Gasteiger partial charge < -0.3 is 9.05 Å². The average Bonchev–Trinajstić information content (AvgIpc) is 2.45. The Morgan fingerprint density at radius 2 is 1.68 bits per heavy atom. The first-order valence-corrected chi connectivity index (χ1v) is 11.0. The monoisotopic (exact) mass is 311 g/mol. The molecule has 0 N–H and O–H groups in total. The predicted molar refractivity (Wildman–Crippen MR) is 100 cm³/mol. The largest absolute Gasteiger partial charge is 0.332 e. The van der Waals surface area contributed by atoms with Crippen LogP contribution in [0.4, 0.5) is 11.4 Å². The van der Waals surface area contributed by atoms with Gasteiger partial charge in [-0.1, -0.05) is 35.9 Å². The highest BCUT2D eigenvalue weighted by Crippen LogP contribution is 2.36. The molecule has 2 aromatic carbocycles. The number of rotatable bonds is 1. The smallest absolute Gasteiger partial charge is 0.320 e. The van der Waals surface area contributed by atoms with Crippen LogP contribution in [0.15, 0.2) is 42.5 Å². The maximum atomic E-state index is 2.52. The van der Waals surface area contributed by atoms with Gasteiger partial charge in [0.15, 0.2) is 0 Å². The number of aryl methyl sites for hydroxylation is 2. The molecule has 0 saturated heterocycles. The molecule has 3 heteroatoms. The van der Waals surface area contributed by atoms with Crippen molar-refractivity contribution in [3.8, 4) is 0 Å². The SMILES string of the molecule is Cc1cc(C)c2c(c1)[Si](C)(C)[N+](C)(c1ccccc1)CN2C. The highest BCUT2D eigenvalue weighted by Gasteiger charge is 2.53. The molecule has 0 fully saturated rings. The van der Waals surface area contributed by atoms with Gasteiger partial charge in [0.25, 0.3) is 0 Å². The summed E-state index contributed by atoms with van der Waals surface area (Å²) >= 11 is 0. The second-order valence-electron chi connectivity index (χ2n) is 7.40. The van der Waals surface area contributed by atoms with Crippen molar-refractivity contribution in [2.24, 2.45) is 0 Å². The topological polar surface area (TPSA) is 3.24 Å². The molecule has 1 atom stereocenters. The van der Waals surface area contributed by atoms with Gasteiger partial charge in [-0.25, -0.2) is 0 Å². The van der Waals surface area contributed by atoms with Crippen LogP contribution in [-0.2, 0) is 0 Å². The van der Waals surface area contributed by atoms with Gasteiger partial charge in [0.05, 0.1) is 7.05 Å². The van der Waals surface area contributed by atoms with Crippen molar-refractivity contribution in [3.63, 3.8) is 0 Å². The maximum Gasteiger partial charge on any atom is 0.320 e. The van der Waals surface area contributed by atoms with E-state index in [4.69, 9.17) is 0 Å². The summed E-state index contributed by atoms with van der Waals surface area (Å²) in [6, 6.07) is 15.8. The predicted octanol–water partition coefficient (Wildman–Crippen LogP) is 3.76. The van der Waals surface area contributed by atoms with Crippen molar-refractivity contribution < 1.29 is 0 Å². The van der Waals surface area contributed by atoms with Crippen LogP contribution in [0.3, 0.4) is 0 Å². The van der Waals surface area contributed by atoms with Crippen LogP contribution in [0, 0.1) is 13.8 Å². The Morgan fingerprint density at radius 1 is 1.05 bits per heavy atom. The summed E-state index contributed by atoms with van der Waals surface area (Å²) < 4.78 is 1.03. The summed E-state index contributed by atoms with van der Waals surface area (Å²) in [5, 5.41) is 1.59. The van der Waals surface area contributed by atoms with E-state index in [1.54, 1.807) is 5.19 Å². The lowest BCUT2D eigenvalue weighted by Gasteiger charge is -2.53. The Hall–Kier alpha value is -1.58. The van der Waals surface area contributed by atoms with E-state index >= 15 is 0 Å². The lowest BCUT2D eigenvalue weighted by Crippen LogP contribution is -2.76. The van der Waals surface area contributed by atoms with Crippen LogP contribution in [-0.4, -0.2) is 29.0 Å². The van der Waals surface area contributed by atoms with E-state index in [0.29, 0.717) is 0 Å². The van der Waals surface area contributed by atoms with Crippen LogP contribution in [0.25, 0.3) is 0 Å². The van der Waals surface area contributed by atoms with Gasteiger partial charge >= 0.3 is 8.24 Å². The molecule has 1 aliphatic heterocycles. The fourth-order valence-corrected chi connectivity index (χ4v) is 7.47. The van der Waals surface area contributed by atoms with Crippen LogP contribution >= 0.6 is 0 Å². The fourth-order valence-electron chi connectivity index (χ4n) is 4.03. The Morgan fingerprint density at radius 3 is 2.32 bits per heavy atom. The molecular formula is C19H27N2Si+. The highest BCUT2D eigenvalue weighted by atomic mass is 28.3. The van der Waals surface area contributed by atoms with Gasteiger partial charge in [-0.3, -0.25) is 0 Å². The fraction of sp³-hybridized carbons (Fsp3) is 0.368. The molecule has 0 spiro atoms. The first kappa shape index (κ1) is 15.3. The van der Waals surface area contributed by atoms with E-state index in [-0.39, 0.29) is 0 Å². The molecule has 22 heavy (non-hydrogen) atoms. The zero-order valence-corrected chi connectivity index (χ0v) is 15.6. The van der Waals surface area contributed by atoms with Gasteiger partial charge in [-0.2, -0.15) is 0 Å². The van der Waals surface area contributed by atoms with Crippen molar-refractivity contribution in [2.75, 3.05) is 25.7 Å². The summed E-state index contributed by atoms with van der Waals surface area (Å²) in [6.45, 7) is 10.6. The van der Waals surface area contributed by atoms with Crippen molar-refractivity contribution in [1.29, 1.82) is 0 Å². The van der Waals surface area contributed by atoms with Crippen molar-refractivity contribution in [1.82, 2.24) is 4.15 Å². The lowest BCUT2D eigenvalue weighted by atomic mass is 10.1. The third-order valence-electron chi connectivity index (χ3n) is 5.54. The van der Waals surface area contributed by atoms with E-state index in [0.717, 1.165) is 10.8 Å². The van der Waals surface area contributed by atoms with Gasteiger partial charge in [-0.05, 0) is 44.6 Å². The molecule has 1 heterocycles. The van der Waals surface area contributed by atoms with E-state index in [1.807, 2.05) is 0 Å². The number of benzene rings is 2. The normalized spacial score (nSPS) is 23.3. The van der Waals surface area contributed by atoms with Gasteiger partial charge in [0.1, 0.15) is 12.4 Å². The van der Waals surface area contributed by atoms with Crippen molar-refractivity contribution in [3.05, 3.63) is 53.6 Å². The Kier molecular flexibility index (Phi) is 3.46. The molecular weight excluding hydrogens is 284 g/mol. The van der Waals surface area contributed by atoms with Crippen LogP contribution in [0.1, 0.15) is 11.1 Å². The van der Waals surface area contributed by atoms with Crippen LogP contribution < -0.4 is 14.2 Å². The quantitative estimate of drug-likeness (QED) is 0.725. The molecule has 3 rings (SSSR count). The standard InChI is InChI=1S/C19H27N2Si/c1-15-12-16(2)19-18(13-15)22(5,6)21(4,14-20(19)3)17-10-8-7-9-11-17/h7-13H,14H2,1-6H3/q+1. The first-order chi connectivity index (χ1) is 10.3. The van der Waals surface area contributed by atoms with Gasteiger partial charge in [-0.15, -0.1) is 0 Å². The van der Waals surface area contributed by atoms with Crippen LogP contribution in [0.5, 0.6) is 0 Å². The third-order valence-corrected chi connectivity index (χ3v) is 10.1. The first-order valence-electron chi connectivity index (χ1n) is 8.01. The summed E-state index contributed by atoms with van der Waals surface area (Å²) in [6.07, 6.45) is 0. The minimum absolute atomic E-state index is 1.03. The van der Waals surface area contributed by atoms with E-state index in [2.05, 4.69) is 88.4 Å². The van der Waals surface area contributed by atoms with E-state index < -0.39 is 8.24 Å². The Bertz CT molecular complexity index is 709. The zero-order valence-electron chi connectivity index (χ0n) is 14.6. The molecule has 1 unspecified atom stereocenters. The van der Waals surface area contributed by atoms with Crippen molar-refractivity contribution >= 4 is 24.8 Å². The zero-order chi connectivity index (χ0) is 16.1. The Labute approximate surface area is 135 Å². The Balaban J connectivity index is 2.26. The molecule has 0 bridgehead atoms. The van der Waals surface area contributed by atoms with Crippen molar-refractivity contribution in [2.45, 2.75) is 26.9 Å². The number of para-hydroxylation sites is 1. The number of nitrogens with zero attached hydrogens (tertiary/aromatic N) is 2. The summed E-state index contributed by atoms with van der Waals surface area (Å²) in [4.78, 5) is 2.45. The third kappa shape index (κ3) is 2.03. The average molecular weight is 312 g/mol. The van der Waals surface area contributed by atoms with Gasteiger partial charge in [0, 0.05) is 17.9 Å². The number of fused-ring (bicyclic) bond motifs is 1. The summed E-state index contributed by atoms with van der Waals surface area (Å²) in [5.41, 5.74) is 5.69. The lowest BCUT2D eigenvalue weighted by molar-refractivity contribution is 0.488. The molecule has 116 valence electrons. The second-order valence-corrected chi connectivity index (χ2v) is 12.0. The molecule has 0 saturated carbocycles. The summed E-state index contributed by atoms with van der Waals surface area (Å²) in [7, 11) is 2.94. The van der Waals surface area contributed by atoms with Gasteiger partial charge in [0.2, 0.25) is 0 Å². The molecule has 0 amide bonds. The minimum atomic E-state index is -1.71. The molecule has 0 aliphatic carbocycles. The second kappa shape index (κ2) is 4.97. The van der Waals surface area contributed by atoms with E-state index in [9.17, 15) is 0 Å².